The van der Waals surface area contributed by atoms with Crippen molar-refractivity contribution in [2.45, 2.75) is 25.9 Å². The molecular formula is C18H20N4O3. The minimum Gasteiger partial charge on any atom is -0.376 e. The number of rotatable bonds is 6. The number of Topliss-reactive ketones (excluding diaryl/α,β-unsaturated/α-hetero) is 1. The highest BCUT2D eigenvalue weighted by Gasteiger charge is 2.15. The average molecular weight is 340 g/mol. The van der Waals surface area contributed by atoms with E-state index in [4.69, 9.17) is 4.74 Å². The molecule has 0 aliphatic carbocycles. The number of ketones is 1. The molecule has 1 saturated heterocycles. The van der Waals surface area contributed by atoms with Gasteiger partial charge >= 0.3 is 0 Å². The third kappa shape index (κ3) is 4.60. The van der Waals surface area contributed by atoms with Gasteiger partial charge in [-0.15, -0.1) is 10.2 Å². The lowest BCUT2D eigenvalue weighted by Crippen LogP contribution is -2.20. The molecular weight excluding hydrogens is 320 g/mol. The molecule has 1 unspecified atom stereocenters. The molecule has 1 atom stereocenters. The second-order valence-electron chi connectivity index (χ2n) is 5.91. The maximum atomic E-state index is 12.2. The molecule has 1 fully saturated rings. The molecule has 1 aliphatic heterocycles. The average Bonchev–Trinajstić information content (AvgIpc) is 3.14. The van der Waals surface area contributed by atoms with Gasteiger partial charge in [0.1, 0.15) is 5.82 Å². The van der Waals surface area contributed by atoms with Crippen molar-refractivity contribution in [3.05, 3.63) is 47.7 Å². The van der Waals surface area contributed by atoms with E-state index >= 15 is 0 Å². The lowest BCUT2D eigenvalue weighted by molar-refractivity contribution is 0.100. The number of nitrogens with zero attached hydrogens (tertiary/aromatic N) is 2. The Kier molecular flexibility index (Phi) is 5.35. The molecule has 7 nitrogen and oxygen atoms in total. The van der Waals surface area contributed by atoms with E-state index in [0.29, 0.717) is 23.6 Å². The first-order valence-electron chi connectivity index (χ1n) is 8.23. The van der Waals surface area contributed by atoms with Crippen molar-refractivity contribution in [1.82, 2.24) is 10.2 Å². The monoisotopic (exact) mass is 340 g/mol. The summed E-state index contributed by atoms with van der Waals surface area (Å²) < 4.78 is 5.53. The quantitative estimate of drug-likeness (QED) is 0.785. The van der Waals surface area contributed by atoms with E-state index in [2.05, 4.69) is 20.8 Å². The van der Waals surface area contributed by atoms with Crippen molar-refractivity contribution in [2.75, 3.05) is 23.8 Å². The molecule has 2 N–H and O–H groups in total. The van der Waals surface area contributed by atoms with Gasteiger partial charge < -0.3 is 15.4 Å². The van der Waals surface area contributed by atoms with Gasteiger partial charge in [-0.1, -0.05) is 12.1 Å². The second-order valence-corrected chi connectivity index (χ2v) is 5.91. The first-order chi connectivity index (χ1) is 12.1. The highest BCUT2D eigenvalue weighted by atomic mass is 16.5. The van der Waals surface area contributed by atoms with Crippen LogP contribution in [0.15, 0.2) is 36.4 Å². The Morgan fingerprint density at radius 1 is 1.24 bits per heavy atom. The summed E-state index contributed by atoms with van der Waals surface area (Å²) in [5.74, 6) is 0.169. The fraction of sp³-hybridized carbons (Fsp3) is 0.333. The number of anilines is 2. The van der Waals surface area contributed by atoms with Crippen LogP contribution in [-0.4, -0.2) is 41.1 Å². The van der Waals surface area contributed by atoms with Crippen LogP contribution in [0.3, 0.4) is 0 Å². The molecule has 3 rings (SSSR count). The second kappa shape index (κ2) is 7.85. The summed E-state index contributed by atoms with van der Waals surface area (Å²) in [5, 5.41) is 13.8. The number of carbonyl (C=O) groups is 2. The van der Waals surface area contributed by atoms with E-state index < -0.39 is 0 Å². The normalized spacial score (nSPS) is 16.4. The lowest BCUT2D eigenvalue weighted by Gasteiger charge is -2.11. The molecule has 130 valence electrons. The fourth-order valence-corrected chi connectivity index (χ4v) is 2.58. The fourth-order valence-electron chi connectivity index (χ4n) is 2.58. The number of nitrogens with one attached hydrogen (secondary N) is 2. The van der Waals surface area contributed by atoms with Crippen LogP contribution < -0.4 is 10.6 Å². The number of hydrogen-bond acceptors (Lipinski definition) is 6. The number of ether oxygens (including phenoxy) is 1. The highest BCUT2D eigenvalue weighted by Crippen LogP contribution is 2.14. The van der Waals surface area contributed by atoms with Gasteiger partial charge in [-0.25, -0.2) is 0 Å². The molecule has 1 aromatic carbocycles. The van der Waals surface area contributed by atoms with Crippen LogP contribution >= 0.6 is 0 Å². The van der Waals surface area contributed by atoms with Crippen LogP contribution in [0.5, 0.6) is 0 Å². The molecule has 7 heteroatoms. The summed E-state index contributed by atoms with van der Waals surface area (Å²) in [6.07, 6.45) is 2.33. The molecule has 0 saturated carbocycles. The van der Waals surface area contributed by atoms with E-state index in [-0.39, 0.29) is 23.5 Å². The van der Waals surface area contributed by atoms with Crippen LogP contribution in [0, 0.1) is 0 Å². The van der Waals surface area contributed by atoms with Crippen molar-refractivity contribution in [3.63, 3.8) is 0 Å². The van der Waals surface area contributed by atoms with Crippen LogP contribution in [0.2, 0.25) is 0 Å². The van der Waals surface area contributed by atoms with Gasteiger partial charge in [-0.3, -0.25) is 9.59 Å². The van der Waals surface area contributed by atoms with Crippen molar-refractivity contribution in [1.29, 1.82) is 0 Å². The highest BCUT2D eigenvalue weighted by molar-refractivity contribution is 6.03. The predicted molar refractivity (Wildman–Crippen MR) is 93.9 cm³/mol. The summed E-state index contributed by atoms with van der Waals surface area (Å²) in [4.78, 5) is 23.6. The van der Waals surface area contributed by atoms with Gasteiger partial charge in [0.05, 0.1) is 6.10 Å². The van der Waals surface area contributed by atoms with Crippen molar-refractivity contribution >= 4 is 23.2 Å². The van der Waals surface area contributed by atoms with E-state index in [1.54, 1.807) is 36.4 Å². The SMILES string of the molecule is CC(=O)c1cccc(NC(=O)c2ccc(NCC3CCCO3)nn2)c1. The number of hydrogen-bond donors (Lipinski definition) is 2. The van der Waals surface area contributed by atoms with Crippen molar-refractivity contribution < 1.29 is 14.3 Å². The van der Waals surface area contributed by atoms with E-state index in [1.165, 1.54) is 6.92 Å². The molecule has 1 aliphatic rings. The first-order valence-corrected chi connectivity index (χ1v) is 8.23. The number of carbonyl (C=O) groups excluding carboxylic acids is 2. The van der Waals surface area contributed by atoms with Crippen LogP contribution in [-0.2, 0) is 4.74 Å². The molecule has 25 heavy (non-hydrogen) atoms. The molecule has 2 heterocycles. The Morgan fingerprint density at radius 3 is 2.80 bits per heavy atom. The third-order valence-electron chi connectivity index (χ3n) is 3.96. The van der Waals surface area contributed by atoms with E-state index in [0.717, 1.165) is 19.4 Å². The maximum Gasteiger partial charge on any atom is 0.276 e. The summed E-state index contributed by atoms with van der Waals surface area (Å²) in [6, 6.07) is 10.1. The Labute approximate surface area is 145 Å². The Hall–Kier alpha value is -2.80. The van der Waals surface area contributed by atoms with Crippen LogP contribution in [0.4, 0.5) is 11.5 Å². The van der Waals surface area contributed by atoms with Gasteiger partial charge in [0, 0.05) is 24.4 Å². The zero-order chi connectivity index (χ0) is 17.6. The van der Waals surface area contributed by atoms with Crippen molar-refractivity contribution in [2.24, 2.45) is 0 Å². The molecule has 0 bridgehead atoms. The minimum atomic E-state index is -0.376. The number of benzene rings is 1. The Balaban J connectivity index is 1.58. The van der Waals surface area contributed by atoms with Crippen molar-refractivity contribution in [3.8, 4) is 0 Å². The molecule has 2 aromatic rings. The van der Waals surface area contributed by atoms with E-state index in [9.17, 15) is 9.59 Å². The standard InChI is InChI=1S/C18H20N4O3/c1-12(23)13-4-2-5-14(10-13)20-18(24)16-7-8-17(22-21-16)19-11-15-6-3-9-25-15/h2,4-5,7-8,10,15H,3,6,9,11H2,1H3,(H,19,22)(H,20,24). The zero-order valence-electron chi connectivity index (χ0n) is 14.0. The van der Waals surface area contributed by atoms with E-state index in [1.807, 2.05) is 0 Å². The zero-order valence-corrected chi connectivity index (χ0v) is 14.0. The summed E-state index contributed by atoms with van der Waals surface area (Å²) >= 11 is 0. The van der Waals surface area contributed by atoms with Gasteiger partial charge in [0.15, 0.2) is 11.5 Å². The maximum absolute atomic E-state index is 12.2. The molecule has 1 amide bonds. The first kappa shape index (κ1) is 17.0. The molecule has 1 aromatic heterocycles. The summed E-state index contributed by atoms with van der Waals surface area (Å²) in [7, 11) is 0. The number of aromatic nitrogens is 2. The van der Waals surface area contributed by atoms with Gasteiger partial charge in [-0.2, -0.15) is 0 Å². The number of amides is 1. The lowest BCUT2D eigenvalue weighted by atomic mass is 10.1. The predicted octanol–water partition coefficient (Wildman–Crippen LogP) is 2.52. The van der Waals surface area contributed by atoms with Gasteiger partial charge in [0.2, 0.25) is 0 Å². The third-order valence-corrected chi connectivity index (χ3v) is 3.96. The summed E-state index contributed by atoms with van der Waals surface area (Å²) in [6.45, 7) is 2.97. The largest absolute Gasteiger partial charge is 0.376 e. The van der Waals surface area contributed by atoms with Crippen LogP contribution in [0.25, 0.3) is 0 Å². The van der Waals surface area contributed by atoms with Crippen LogP contribution in [0.1, 0.15) is 40.6 Å². The Bertz CT molecular complexity index is 755. The molecule has 0 spiro atoms. The smallest absolute Gasteiger partial charge is 0.276 e. The van der Waals surface area contributed by atoms with Gasteiger partial charge in [-0.05, 0) is 44.0 Å². The topological polar surface area (TPSA) is 93.2 Å². The Morgan fingerprint density at radius 2 is 2.12 bits per heavy atom. The van der Waals surface area contributed by atoms with Gasteiger partial charge in [0.25, 0.3) is 5.91 Å². The minimum absolute atomic E-state index is 0.0578. The molecule has 0 radical (unpaired) electrons. The summed E-state index contributed by atoms with van der Waals surface area (Å²) in [5.41, 5.74) is 1.29.